The van der Waals surface area contributed by atoms with Crippen molar-refractivity contribution in [2.24, 2.45) is 10.9 Å². The third kappa shape index (κ3) is 6.54. The van der Waals surface area contributed by atoms with Gasteiger partial charge in [-0.2, -0.15) is 0 Å². The minimum absolute atomic E-state index is 0. The molecule has 2 N–H and O–H groups in total. The van der Waals surface area contributed by atoms with Crippen LogP contribution in [-0.4, -0.2) is 30.1 Å². The van der Waals surface area contributed by atoms with E-state index >= 15 is 0 Å². The van der Waals surface area contributed by atoms with Crippen LogP contribution in [0.4, 0.5) is 0 Å². The summed E-state index contributed by atoms with van der Waals surface area (Å²) in [5.74, 6) is 3.50. The second-order valence-electron chi connectivity index (χ2n) is 6.65. The largest absolute Gasteiger partial charge is 0.490 e. The summed E-state index contributed by atoms with van der Waals surface area (Å²) in [4.78, 5) is 9.04. The number of aromatic nitrogens is 1. The van der Waals surface area contributed by atoms with Crippen molar-refractivity contribution in [1.29, 1.82) is 0 Å². The molecule has 2 aromatic rings. The smallest absolute Gasteiger partial charge is 0.219 e. The Morgan fingerprint density at radius 2 is 1.93 bits per heavy atom. The molecule has 3 rings (SSSR count). The monoisotopic (exact) mass is 496 g/mol. The predicted octanol–water partition coefficient (Wildman–Crippen LogP) is 4.35. The topological polar surface area (TPSA) is 67.8 Å². The number of nitrogens with one attached hydrogen (secondary N) is 2. The number of hydrogen-bond donors (Lipinski definition) is 2. The first-order chi connectivity index (χ1) is 13.2. The summed E-state index contributed by atoms with van der Waals surface area (Å²) in [6.45, 7) is 8.27. The zero-order valence-corrected chi connectivity index (χ0v) is 19.0. The predicted molar refractivity (Wildman–Crippen MR) is 123 cm³/mol. The Hall–Kier alpha value is -2.03. The van der Waals surface area contributed by atoms with Gasteiger partial charge >= 0.3 is 0 Å². The summed E-state index contributed by atoms with van der Waals surface area (Å²) in [6.07, 6.45) is 3.01. The molecule has 0 bridgehead atoms. The highest BCUT2D eigenvalue weighted by Crippen LogP contribution is 2.30. The Morgan fingerprint density at radius 1 is 1.18 bits per heavy atom. The van der Waals surface area contributed by atoms with Gasteiger partial charge in [0.05, 0.1) is 13.2 Å². The molecule has 0 radical (unpaired) electrons. The van der Waals surface area contributed by atoms with Crippen molar-refractivity contribution in [3.05, 3.63) is 48.2 Å². The van der Waals surface area contributed by atoms with Crippen LogP contribution in [0, 0.1) is 5.92 Å². The molecule has 1 aliphatic carbocycles. The third-order valence-electron chi connectivity index (χ3n) is 4.36. The molecule has 1 aromatic carbocycles. The number of rotatable bonds is 8. The lowest BCUT2D eigenvalue weighted by Gasteiger charge is -2.11. The van der Waals surface area contributed by atoms with Gasteiger partial charge in [-0.15, -0.1) is 24.0 Å². The minimum Gasteiger partial charge on any atom is -0.490 e. The molecule has 6 nitrogen and oxygen atoms in total. The average Bonchev–Trinajstić information content (AvgIpc) is 3.37. The maximum absolute atomic E-state index is 5.86. The van der Waals surface area contributed by atoms with Crippen molar-refractivity contribution in [3.8, 4) is 17.4 Å². The number of ether oxygens (including phenoxy) is 2. The molecule has 28 heavy (non-hydrogen) atoms. The summed E-state index contributed by atoms with van der Waals surface area (Å²) < 4.78 is 11.4. The number of halogens is 1. The Kier molecular flexibility index (Phi) is 8.82. The quantitative estimate of drug-likeness (QED) is 0.323. The van der Waals surface area contributed by atoms with Gasteiger partial charge in [-0.3, -0.25) is 0 Å². The van der Waals surface area contributed by atoms with E-state index in [1.54, 1.807) is 6.20 Å². The van der Waals surface area contributed by atoms with Crippen molar-refractivity contribution in [3.63, 3.8) is 0 Å². The number of benzene rings is 1. The van der Waals surface area contributed by atoms with Gasteiger partial charge in [-0.1, -0.05) is 25.1 Å². The molecule has 0 amide bonds. The molecular weight excluding hydrogens is 467 g/mol. The fourth-order valence-electron chi connectivity index (χ4n) is 2.68. The Morgan fingerprint density at radius 3 is 2.54 bits per heavy atom. The van der Waals surface area contributed by atoms with E-state index < -0.39 is 0 Å². The Labute approximate surface area is 184 Å². The molecule has 1 aromatic heterocycles. The highest BCUT2D eigenvalue weighted by Gasteiger charge is 2.33. The van der Waals surface area contributed by atoms with Crippen LogP contribution in [0.1, 0.15) is 32.8 Å². The Bertz CT molecular complexity index is 767. The second kappa shape index (κ2) is 11.1. The first kappa shape index (κ1) is 22.3. The molecule has 2 atom stereocenters. The van der Waals surface area contributed by atoms with Gasteiger partial charge in [0.2, 0.25) is 5.88 Å². The lowest BCUT2D eigenvalue weighted by atomic mass is 10.3. The van der Waals surface area contributed by atoms with Gasteiger partial charge < -0.3 is 20.1 Å². The van der Waals surface area contributed by atoms with E-state index in [0.717, 1.165) is 24.0 Å². The van der Waals surface area contributed by atoms with Gasteiger partial charge in [0.25, 0.3) is 0 Å². The van der Waals surface area contributed by atoms with E-state index in [4.69, 9.17) is 9.47 Å². The standard InChI is InChI=1S/C21H28N4O2.HI/c1-4-22-21(25-17-12-15(17)3)24-14-16-10-11-20(23-13-16)27-19-9-7-6-8-18(19)26-5-2;/h6-11,13,15,17H,4-5,12,14H2,1-3H3,(H2,22,24,25);1H. The number of guanidine groups is 1. The second-order valence-corrected chi connectivity index (χ2v) is 6.65. The van der Waals surface area contributed by atoms with Crippen LogP contribution in [0.5, 0.6) is 17.4 Å². The molecule has 1 saturated carbocycles. The number of aliphatic imine (C=N–C) groups is 1. The lowest BCUT2D eigenvalue weighted by molar-refractivity contribution is 0.319. The molecule has 152 valence electrons. The van der Waals surface area contributed by atoms with Crippen molar-refractivity contribution in [2.75, 3.05) is 13.2 Å². The lowest BCUT2D eigenvalue weighted by Crippen LogP contribution is -2.39. The van der Waals surface area contributed by atoms with E-state index in [2.05, 4.69) is 34.5 Å². The molecule has 1 heterocycles. The van der Waals surface area contributed by atoms with Crippen LogP contribution in [0.25, 0.3) is 0 Å². The molecule has 0 aliphatic heterocycles. The van der Waals surface area contributed by atoms with Crippen LogP contribution in [0.2, 0.25) is 0 Å². The first-order valence-electron chi connectivity index (χ1n) is 9.59. The van der Waals surface area contributed by atoms with E-state index in [1.807, 2.05) is 43.3 Å². The minimum atomic E-state index is 0. The van der Waals surface area contributed by atoms with Crippen LogP contribution in [0.15, 0.2) is 47.6 Å². The fraction of sp³-hybridized carbons (Fsp3) is 0.429. The fourth-order valence-corrected chi connectivity index (χ4v) is 2.68. The van der Waals surface area contributed by atoms with Crippen molar-refractivity contribution in [2.45, 2.75) is 39.8 Å². The van der Waals surface area contributed by atoms with Gasteiger partial charge in [0.1, 0.15) is 0 Å². The molecule has 1 fully saturated rings. The zero-order chi connectivity index (χ0) is 19.1. The van der Waals surface area contributed by atoms with Crippen molar-refractivity contribution in [1.82, 2.24) is 15.6 Å². The normalized spacial score (nSPS) is 18.0. The molecule has 0 saturated heterocycles. The van der Waals surface area contributed by atoms with Crippen LogP contribution >= 0.6 is 24.0 Å². The Balaban J connectivity index is 0.00000280. The van der Waals surface area contributed by atoms with Gasteiger partial charge in [0, 0.05) is 24.8 Å². The van der Waals surface area contributed by atoms with Crippen LogP contribution in [-0.2, 0) is 6.54 Å². The van der Waals surface area contributed by atoms with Crippen LogP contribution < -0.4 is 20.1 Å². The van der Waals surface area contributed by atoms with E-state index in [0.29, 0.717) is 36.6 Å². The average molecular weight is 496 g/mol. The molecular formula is C21H29IN4O2. The maximum Gasteiger partial charge on any atom is 0.219 e. The maximum atomic E-state index is 5.86. The van der Waals surface area contributed by atoms with Crippen LogP contribution in [0.3, 0.4) is 0 Å². The van der Waals surface area contributed by atoms with Crippen molar-refractivity contribution < 1.29 is 9.47 Å². The molecule has 0 spiro atoms. The highest BCUT2D eigenvalue weighted by atomic mass is 127. The molecule has 7 heteroatoms. The first-order valence-corrected chi connectivity index (χ1v) is 9.59. The van der Waals surface area contributed by atoms with Gasteiger partial charge in [0.15, 0.2) is 17.5 Å². The summed E-state index contributed by atoms with van der Waals surface area (Å²) in [7, 11) is 0. The summed E-state index contributed by atoms with van der Waals surface area (Å²) in [5, 5.41) is 6.74. The van der Waals surface area contributed by atoms with Crippen molar-refractivity contribution >= 4 is 29.9 Å². The molecule has 1 aliphatic rings. The van der Waals surface area contributed by atoms with Gasteiger partial charge in [-0.05, 0) is 43.9 Å². The SMILES string of the molecule is CCNC(=NCc1ccc(Oc2ccccc2OCC)nc1)NC1CC1C.I. The number of hydrogen-bond acceptors (Lipinski definition) is 4. The zero-order valence-electron chi connectivity index (χ0n) is 16.6. The number of pyridine rings is 1. The summed E-state index contributed by atoms with van der Waals surface area (Å²) >= 11 is 0. The summed E-state index contributed by atoms with van der Waals surface area (Å²) in [5.41, 5.74) is 1.03. The highest BCUT2D eigenvalue weighted by molar-refractivity contribution is 14.0. The summed E-state index contributed by atoms with van der Waals surface area (Å²) in [6, 6.07) is 12.0. The molecule has 2 unspecified atom stereocenters. The van der Waals surface area contributed by atoms with Gasteiger partial charge in [-0.25, -0.2) is 9.98 Å². The number of nitrogens with zero attached hydrogens (tertiary/aromatic N) is 2. The van der Waals surface area contributed by atoms with E-state index in [-0.39, 0.29) is 24.0 Å². The third-order valence-corrected chi connectivity index (χ3v) is 4.36. The van der Waals surface area contributed by atoms with E-state index in [1.165, 1.54) is 6.42 Å². The number of para-hydroxylation sites is 2. The van der Waals surface area contributed by atoms with E-state index in [9.17, 15) is 0 Å².